The minimum Gasteiger partial charge on any atom is -0.496 e. The number of benzene rings is 1. The first-order valence-electron chi connectivity index (χ1n) is 5.49. The van der Waals surface area contributed by atoms with Gasteiger partial charge >= 0.3 is 18.0 Å². The van der Waals surface area contributed by atoms with Crippen molar-refractivity contribution in [2.24, 2.45) is 0 Å². The lowest BCUT2D eigenvalue weighted by molar-refractivity contribution is -0.270. The van der Waals surface area contributed by atoms with E-state index in [1.165, 1.54) is 26.2 Å². The number of hydrogen-bond acceptors (Lipinski definition) is 2. The van der Waals surface area contributed by atoms with Crippen LogP contribution in [0.25, 0.3) is 0 Å². The summed E-state index contributed by atoms with van der Waals surface area (Å²) in [5.74, 6) is -7.57. The van der Waals surface area contributed by atoms with E-state index < -0.39 is 24.0 Å². The van der Waals surface area contributed by atoms with Crippen LogP contribution in [0.3, 0.4) is 0 Å². The van der Waals surface area contributed by atoms with Gasteiger partial charge in [0.2, 0.25) is 0 Å². The fraction of sp³-hybridized carbons (Fsp3) is 0.417. The number of para-hydroxylation sites is 1. The van der Waals surface area contributed by atoms with Crippen LogP contribution in [0, 0.1) is 0 Å². The molecule has 0 saturated carbocycles. The number of alkyl halides is 5. The van der Waals surface area contributed by atoms with Crippen LogP contribution in [-0.2, 0) is 4.79 Å². The minimum absolute atomic E-state index is 0.274. The molecule has 0 unspecified atom stereocenters. The molecule has 0 aliphatic heterocycles. The third-order valence-electron chi connectivity index (χ3n) is 2.59. The third-order valence-corrected chi connectivity index (χ3v) is 2.59. The second-order valence-corrected chi connectivity index (χ2v) is 4.01. The molecule has 112 valence electrons. The van der Waals surface area contributed by atoms with E-state index in [1.807, 2.05) is 0 Å². The molecular formula is C12H12F5NO2. The Morgan fingerprint density at radius 2 is 1.75 bits per heavy atom. The molecule has 1 amide bonds. The van der Waals surface area contributed by atoms with E-state index in [0.29, 0.717) is 5.56 Å². The second-order valence-electron chi connectivity index (χ2n) is 4.01. The molecule has 1 aromatic carbocycles. The summed E-state index contributed by atoms with van der Waals surface area (Å²) in [5, 5.41) is 1.63. The fourth-order valence-electron chi connectivity index (χ4n) is 1.52. The van der Waals surface area contributed by atoms with Gasteiger partial charge in [-0.3, -0.25) is 4.79 Å². The van der Waals surface area contributed by atoms with Crippen molar-refractivity contribution < 1.29 is 31.5 Å². The first-order valence-corrected chi connectivity index (χ1v) is 5.49. The Labute approximate surface area is 111 Å². The molecule has 8 heteroatoms. The van der Waals surface area contributed by atoms with E-state index in [4.69, 9.17) is 4.74 Å². The van der Waals surface area contributed by atoms with Gasteiger partial charge in [-0.1, -0.05) is 18.2 Å². The number of halogens is 5. The summed E-state index contributed by atoms with van der Waals surface area (Å²) in [6.45, 7) is 1.28. The van der Waals surface area contributed by atoms with E-state index in [9.17, 15) is 26.7 Å². The number of carbonyl (C=O) groups is 1. The van der Waals surface area contributed by atoms with E-state index in [1.54, 1.807) is 17.4 Å². The maximum Gasteiger partial charge on any atom is 0.463 e. The zero-order valence-electron chi connectivity index (χ0n) is 10.6. The number of amides is 1. The lowest BCUT2D eigenvalue weighted by atomic mass is 10.1. The van der Waals surface area contributed by atoms with Crippen molar-refractivity contribution >= 4 is 5.91 Å². The molecule has 0 aliphatic carbocycles. The molecule has 0 spiro atoms. The van der Waals surface area contributed by atoms with Gasteiger partial charge in [0, 0.05) is 5.56 Å². The summed E-state index contributed by atoms with van der Waals surface area (Å²) in [4.78, 5) is 11.1. The number of rotatable bonds is 4. The van der Waals surface area contributed by atoms with Gasteiger partial charge in [-0.25, -0.2) is 0 Å². The Hall–Kier alpha value is -1.86. The van der Waals surface area contributed by atoms with Crippen LogP contribution in [0.5, 0.6) is 5.75 Å². The lowest BCUT2D eigenvalue weighted by Gasteiger charge is -2.22. The molecule has 0 fully saturated rings. The fourth-order valence-corrected chi connectivity index (χ4v) is 1.52. The first-order chi connectivity index (χ1) is 9.11. The number of ether oxygens (including phenoxy) is 1. The monoisotopic (exact) mass is 297 g/mol. The van der Waals surface area contributed by atoms with Crippen LogP contribution in [0.1, 0.15) is 18.5 Å². The van der Waals surface area contributed by atoms with Gasteiger partial charge in [0.25, 0.3) is 0 Å². The quantitative estimate of drug-likeness (QED) is 0.867. The third kappa shape index (κ3) is 3.17. The molecule has 0 aromatic heterocycles. The Kier molecular flexibility index (Phi) is 4.57. The number of hydrogen-bond donors (Lipinski definition) is 1. The zero-order valence-corrected chi connectivity index (χ0v) is 10.6. The van der Waals surface area contributed by atoms with Crippen molar-refractivity contribution in [1.82, 2.24) is 5.32 Å². The largest absolute Gasteiger partial charge is 0.496 e. The van der Waals surface area contributed by atoms with Crippen molar-refractivity contribution in [3.05, 3.63) is 29.8 Å². The Balaban J connectivity index is 2.91. The average Bonchev–Trinajstić information content (AvgIpc) is 2.37. The van der Waals surface area contributed by atoms with Crippen LogP contribution in [0.15, 0.2) is 24.3 Å². The zero-order chi connectivity index (χ0) is 15.6. The van der Waals surface area contributed by atoms with E-state index in [-0.39, 0.29) is 5.75 Å². The highest BCUT2D eigenvalue weighted by Crippen LogP contribution is 2.36. The summed E-state index contributed by atoms with van der Waals surface area (Å²) in [6, 6.07) is 5.03. The number of nitrogens with one attached hydrogen (secondary N) is 1. The van der Waals surface area contributed by atoms with Crippen molar-refractivity contribution in [2.75, 3.05) is 7.11 Å². The van der Waals surface area contributed by atoms with Gasteiger partial charge in [-0.05, 0) is 13.0 Å². The molecule has 1 N–H and O–H groups in total. The lowest BCUT2D eigenvalue weighted by Crippen LogP contribution is -2.50. The maximum atomic E-state index is 12.8. The van der Waals surface area contributed by atoms with Crippen molar-refractivity contribution in [3.63, 3.8) is 0 Å². The van der Waals surface area contributed by atoms with Crippen LogP contribution in [0.2, 0.25) is 0 Å². The summed E-state index contributed by atoms with van der Waals surface area (Å²) >= 11 is 0. The van der Waals surface area contributed by atoms with E-state index >= 15 is 0 Å². The molecule has 1 aromatic rings. The Bertz CT molecular complexity index is 487. The Morgan fingerprint density at radius 1 is 1.20 bits per heavy atom. The van der Waals surface area contributed by atoms with Gasteiger partial charge in [-0.2, -0.15) is 22.0 Å². The smallest absolute Gasteiger partial charge is 0.463 e. The summed E-state index contributed by atoms with van der Waals surface area (Å²) in [7, 11) is 1.32. The normalized spacial score (nSPS) is 13.8. The van der Waals surface area contributed by atoms with Crippen LogP contribution in [0.4, 0.5) is 22.0 Å². The minimum atomic E-state index is -5.93. The molecule has 0 aliphatic rings. The van der Waals surface area contributed by atoms with Crippen LogP contribution >= 0.6 is 0 Å². The van der Waals surface area contributed by atoms with Gasteiger partial charge < -0.3 is 10.1 Å². The molecule has 1 atom stereocenters. The molecule has 0 bridgehead atoms. The van der Waals surface area contributed by atoms with Crippen molar-refractivity contribution in [1.29, 1.82) is 0 Å². The predicted octanol–water partition coefficient (Wildman–Crippen LogP) is 3.07. The van der Waals surface area contributed by atoms with Gasteiger partial charge in [0.05, 0.1) is 13.2 Å². The van der Waals surface area contributed by atoms with Gasteiger partial charge in [0.1, 0.15) is 5.75 Å². The maximum absolute atomic E-state index is 12.8. The van der Waals surface area contributed by atoms with Gasteiger partial charge in [0.15, 0.2) is 0 Å². The molecule has 1 rings (SSSR count). The Morgan fingerprint density at radius 3 is 2.25 bits per heavy atom. The highest BCUT2D eigenvalue weighted by Gasteiger charge is 2.63. The SMILES string of the molecule is COc1ccccc1[C@H](C)NC(=O)C(F)(F)C(F)(F)F. The van der Waals surface area contributed by atoms with Crippen LogP contribution in [-0.4, -0.2) is 25.1 Å². The standard InChI is InChI=1S/C12H12F5NO2/c1-7(8-5-3-4-6-9(8)20-2)18-10(19)11(13,14)12(15,16)17/h3-7H,1-2H3,(H,18,19)/t7-/m0/s1. The molecule has 20 heavy (non-hydrogen) atoms. The molecular weight excluding hydrogens is 285 g/mol. The molecule has 3 nitrogen and oxygen atoms in total. The van der Waals surface area contributed by atoms with Gasteiger partial charge in [-0.15, -0.1) is 0 Å². The molecule has 0 radical (unpaired) electrons. The average molecular weight is 297 g/mol. The van der Waals surface area contributed by atoms with Crippen molar-refractivity contribution in [3.8, 4) is 5.75 Å². The summed E-state index contributed by atoms with van der Waals surface area (Å²) < 4.78 is 66.7. The van der Waals surface area contributed by atoms with E-state index in [2.05, 4.69) is 0 Å². The highest BCUT2D eigenvalue weighted by molar-refractivity contribution is 5.84. The second kappa shape index (κ2) is 5.64. The topological polar surface area (TPSA) is 38.3 Å². The van der Waals surface area contributed by atoms with Crippen molar-refractivity contribution in [2.45, 2.75) is 25.1 Å². The van der Waals surface area contributed by atoms with E-state index in [0.717, 1.165) is 0 Å². The number of methoxy groups -OCH3 is 1. The molecule has 0 heterocycles. The van der Waals surface area contributed by atoms with Crippen LogP contribution < -0.4 is 10.1 Å². The summed E-state index contributed by atoms with van der Waals surface area (Å²) in [6.07, 6.45) is -5.93. The summed E-state index contributed by atoms with van der Waals surface area (Å²) in [5.41, 5.74) is 0.293. The molecule has 0 saturated heterocycles. The number of carbonyl (C=O) groups excluding carboxylic acids is 1. The predicted molar refractivity (Wildman–Crippen MR) is 60.6 cm³/mol. The first kappa shape index (κ1) is 16.2. The highest BCUT2D eigenvalue weighted by atomic mass is 19.4.